The van der Waals surface area contributed by atoms with Gasteiger partial charge in [0.25, 0.3) is 0 Å². The van der Waals surface area contributed by atoms with Gasteiger partial charge < -0.3 is 14.9 Å². The zero-order valence-electron chi connectivity index (χ0n) is 11.6. The summed E-state index contributed by atoms with van der Waals surface area (Å²) in [5.74, 6) is 0.949. The number of hydrogen-bond acceptors (Lipinski definition) is 3. The first-order chi connectivity index (χ1) is 9.19. The zero-order chi connectivity index (χ0) is 13.5. The van der Waals surface area contributed by atoms with Gasteiger partial charge in [-0.25, -0.2) is 0 Å². The van der Waals surface area contributed by atoms with Gasteiger partial charge in [0.15, 0.2) is 0 Å². The average Bonchev–Trinajstić information content (AvgIpc) is 2.77. The third kappa shape index (κ3) is 1.80. The van der Waals surface area contributed by atoms with E-state index in [0.717, 1.165) is 18.8 Å². The highest BCUT2D eigenvalue weighted by molar-refractivity contribution is 5.82. The highest BCUT2D eigenvalue weighted by atomic mass is 16.5. The Morgan fingerprint density at radius 2 is 2.00 bits per heavy atom. The van der Waals surface area contributed by atoms with Crippen molar-refractivity contribution < 1.29 is 9.15 Å². The minimum Gasteiger partial charge on any atom is -0.464 e. The van der Waals surface area contributed by atoms with Crippen LogP contribution >= 0.6 is 0 Å². The van der Waals surface area contributed by atoms with Crippen molar-refractivity contribution in [1.29, 1.82) is 0 Å². The van der Waals surface area contributed by atoms with E-state index in [1.807, 2.05) is 18.4 Å². The van der Waals surface area contributed by atoms with Crippen molar-refractivity contribution in [2.75, 3.05) is 19.8 Å². The number of ether oxygens (including phenoxy) is 1. The normalized spacial score (nSPS) is 19.6. The van der Waals surface area contributed by atoms with Gasteiger partial charge in [0.2, 0.25) is 0 Å². The molecule has 1 aromatic carbocycles. The van der Waals surface area contributed by atoms with Gasteiger partial charge in [-0.2, -0.15) is 0 Å². The van der Waals surface area contributed by atoms with Crippen LogP contribution in [0.4, 0.5) is 0 Å². The zero-order valence-corrected chi connectivity index (χ0v) is 11.6. The number of furan rings is 1. The van der Waals surface area contributed by atoms with E-state index in [1.165, 1.54) is 10.9 Å². The van der Waals surface area contributed by atoms with Crippen molar-refractivity contribution in [2.24, 2.45) is 17.6 Å². The highest BCUT2D eigenvalue weighted by Gasteiger charge is 2.49. The Kier molecular flexibility index (Phi) is 3.11. The molecule has 102 valence electrons. The molecular formula is C16H21NO2. The maximum Gasteiger partial charge on any atom is 0.134 e. The summed E-state index contributed by atoms with van der Waals surface area (Å²) in [6, 6.07) is 8.20. The number of hydrogen-bond donors (Lipinski definition) is 1. The molecule has 0 amide bonds. The fraction of sp³-hybridized carbons (Fsp3) is 0.500. The van der Waals surface area contributed by atoms with E-state index in [1.54, 1.807) is 0 Å². The summed E-state index contributed by atoms with van der Waals surface area (Å²) in [6.07, 6.45) is 1.90. The summed E-state index contributed by atoms with van der Waals surface area (Å²) < 4.78 is 11.3. The van der Waals surface area contributed by atoms with Gasteiger partial charge in [-0.05, 0) is 24.4 Å². The summed E-state index contributed by atoms with van der Waals surface area (Å²) in [7, 11) is 0. The first-order valence-corrected chi connectivity index (χ1v) is 6.93. The van der Waals surface area contributed by atoms with E-state index in [0.29, 0.717) is 18.4 Å². The van der Waals surface area contributed by atoms with E-state index in [-0.39, 0.29) is 5.41 Å². The van der Waals surface area contributed by atoms with E-state index in [2.05, 4.69) is 26.0 Å². The van der Waals surface area contributed by atoms with Gasteiger partial charge >= 0.3 is 0 Å². The van der Waals surface area contributed by atoms with Crippen LogP contribution < -0.4 is 5.73 Å². The molecule has 3 heteroatoms. The van der Waals surface area contributed by atoms with Crippen LogP contribution in [0.3, 0.4) is 0 Å². The van der Waals surface area contributed by atoms with Crippen molar-refractivity contribution >= 4 is 11.0 Å². The topological polar surface area (TPSA) is 48.4 Å². The molecule has 2 aromatic rings. The minimum atomic E-state index is 0.0233. The Labute approximate surface area is 113 Å². The molecule has 3 nitrogen and oxygen atoms in total. The van der Waals surface area contributed by atoms with Gasteiger partial charge in [0.1, 0.15) is 5.58 Å². The molecule has 1 saturated heterocycles. The molecule has 1 unspecified atom stereocenters. The number of para-hydroxylation sites is 1. The molecule has 0 bridgehead atoms. The molecule has 1 aliphatic heterocycles. The van der Waals surface area contributed by atoms with Gasteiger partial charge in [-0.1, -0.05) is 32.0 Å². The summed E-state index contributed by atoms with van der Waals surface area (Å²) in [4.78, 5) is 0. The Morgan fingerprint density at radius 3 is 2.58 bits per heavy atom. The maximum absolute atomic E-state index is 6.03. The fourth-order valence-corrected chi connectivity index (χ4v) is 3.39. The largest absolute Gasteiger partial charge is 0.464 e. The lowest BCUT2D eigenvalue weighted by Gasteiger charge is -2.48. The molecule has 1 fully saturated rings. The Balaban J connectivity index is 2.11. The SMILES string of the molecule is CC(C)C(CN)C1(c2coc3ccccc23)COC1. The first kappa shape index (κ1) is 12.7. The molecular weight excluding hydrogens is 238 g/mol. The molecule has 2 heterocycles. The van der Waals surface area contributed by atoms with Crippen LogP contribution in [0.2, 0.25) is 0 Å². The number of fused-ring (bicyclic) bond motifs is 1. The summed E-state index contributed by atoms with van der Waals surface area (Å²) in [6.45, 7) is 6.65. The van der Waals surface area contributed by atoms with Crippen LogP contribution in [-0.4, -0.2) is 19.8 Å². The lowest BCUT2D eigenvalue weighted by molar-refractivity contribution is -0.0977. The summed E-state index contributed by atoms with van der Waals surface area (Å²) in [5, 5.41) is 1.20. The average molecular weight is 259 g/mol. The molecule has 1 atom stereocenters. The van der Waals surface area contributed by atoms with Crippen LogP contribution in [0.25, 0.3) is 11.0 Å². The van der Waals surface area contributed by atoms with Crippen LogP contribution in [0.1, 0.15) is 19.4 Å². The quantitative estimate of drug-likeness (QED) is 0.918. The van der Waals surface area contributed by atoms with Gasteiger partial charge in [-0.3, -0.25) is 0 Å². The smallest absolute Gasteiger partial charge is 0.134 e. The van der Waals surface area contributed by atoms with Crippen molar-refractivity contribution in [2.45, 2.75) is 19.3 Å². The number of benzene rings is 1. The lowest BCUT2D eigenvalue weighted by Crippen LogP contribution is -2.56. The molecule has 19 heavy (non-hydrogen) atoms. The molecule has 1 aliphatic rings. The summed E-state index contributed by atoms with van der Waals surface area (Å²) in [5.41, 5.74) is 8.27. The second-order valence-electron chi connectivity index (χ2n) is 5.88. The standard InChI is InChI=1S/C16H21NO2/c1-11(2)13(7-17)16(9-18-10-16)14-8-19-15-6-4-3-5-12(14)15/h3-6,8,11,13H,7,9-10,17H2,1-2H3. The van der Waals surface area contributed by atoms with Crippen molar-refractivity contribution in [3.63, 3.8) is 0 Å². The Morgan fingerprint density at radius 1 is 1.26 bits per heavy atom. The predicted molar refractivity (Wildman–Crippen MR) is 76.1 cm³/mol. The third-order valence-corrected chi connectivity index (χ3v) is 4.51. The fourth-order valence-electron chi connectivity index (χ4n) is 3.39. The highest BCUT2D eigenvalue weighted by Crippen LogP contribution is 2.45. The van der Waals surface area contributed by atoms with Crippen molar-refractivity contribution in [3.8, 4) is 0 Å². The molecule has 1 aromatic heterocycles. The number of rotatable bonds is 4. The predicted octanol–water partition coefficient (Wildman–Crippen LogP) is 2.93. The second-order valence-corrected chi connectivity index (χ2v) is 5.88. The molecule has 3 rings (SSSR count). The molecule has 0 spiro atoms. The van der Waals surface area contributed by atoms with Gasteiger partial charge in [-0.15, -0.1) is 0 Å². The Hall–Kier alpha value is -1.32. The first-order valence-electron chi connectivity index (χ1n) is 6.93. The van der Waals surface area contributed by atoms with E-state index >= 15 is 0 Å². The second kappa shape index (κ2) is 4.66. The molecule has 0 aliphatic carbocycles. The lowest BCUT2D eigenvalue weighted by atomic mass is 9.64. The maximum atomic E-state index is 6.03. The van der Waals surface area contributed by atoms with E-state index in [9.17, 15) is 0 Å². The van der Waals surface area contributed by atoms with Gasteiger partial charge in [0, 0.05) is 10.9 Å². The van der Waals surface area contributed by atoms with Gasteiger partial charge in [0.05, 0.1) is 24.9 Å². The van der Waals surface area contributed by atoms with Crippen LogP contribution in [0.15, 0.2) is 34.9 Å². The van der Waals surface area contributed by atoms with Crippen LogP contribution in [0.5, 0.6) is 0 Å². The van der Waals surface area contributed by atoms with Crippen molar-refractivity contribution in [1.82, 2.24) is 0 Å². The monoisotopic (exact) mass is 259 g/mol. The minimum absolute atomic E-state index is 0.0233. The molecule has 0 radical (unpaired) electrons. The van der Waals surface area contributed by atoms with Crippen molar-refractivity contribution in [3.05, 3.63) is 36.1 Å². The van der Waals surface area contributed by atoms with Crippen LogP contribution in [0, 0.1) is 11.8 Å². The van der Waals surface area contributed by atoms with Crippen LogP contribution in [-0.2, 0) is 10.2 Å². The van der Waals surface area contributed by atoms with E-state index < -0.39 is 0 Å². The molecule has 2 N–H and O–H groups in total. The molecule has 0 saturated carbocycles. The third-order valence-electron chi connectivity index (χ3n) is 4.51. The van der Waals surface area contributed by atoms with E-state index in [4.69, 9.17) is 14.9 Å². The number of nitrogens with two attached hydrogens (primary N) is 1. The summed E-state index contributed by atoms with van der Waals surface area (Å²) >= 11 is 0. The Bertz CT molecular complexity index is 569.